The van der Waals surface area contributed by atoms with E-state index in [1.807, 2.05) is 0 Å². The van der Waals surface area contributed by atoms with Crippen LogP contribution in [0.4, 0.5) is 9.52 Å². The summed E-state index contributed by atoms with van der Waals surface area (Å²) in [5, 5.41) is 11.4. The molecule has 0 bridgehead atoms. The molecule has 9 heteroatoms. The first kappa shape index (κ1) is 19.5. The zero-order chi connectivity index (χ0) is 21.7. The third-order valence-corrected chi connectivity index (χ3v) is 6.20. The standard InChI is InChI=1S/C22H12ClFN2O4S/c23-11-7-8-14-16(10-11)31-22(25-14)26-18(12-4-1-2-5-13(12)24)17(20(28)21(26)29)19(27)15-6-3-9-30-15/h1-10,18,28H. The highest BCUT2D eigenvalue weighted by molar-refractivity contribution is 7.22. The number of furan rings is 1. The van der Waals surface area contributed by atoms with E-state index < -0.39 is 29.3 Å². The molecule has 5 rings (SSSR count). The lowest BCUT2D eigenvalue weighted by Gasteiger charge is -2.24. The predicted molar refractivity (Wildman–Crippen MR) is 114 cm³/mol. The smallest absolute Gasteiger partial charge is 0.296 e. The summed E-state index contributed by atoms with van der Waals surface area (Å²) in [5.41, 5.74) is 0.351. The van der Waals surface area contributed by atoms with Gasteiger partial charge in [0.2, 0.25) is 5.78 Å². The summed E-state index contributed by atoms with van der Waals surface area (Å²) in [5.74, 6) is -3.04. The van der Waals surface area contributed by atoms with Gasteiger partial charge in [-0.3, -0.25) is 14.5 Å². The molecule has 0 aliphatic carbocycles. The number of hydrogen-bond donors (Lipinski definition) is 1. The Morgan fingerprint density at radius 2 is 2.00 bits per heavy atom. The van der Waals surface area contributed by atoms with Crippen LogP contribution in [0.2, 0.25) is 5.02 Å². The SMILES string of the molecule is O=C(C1=C(O)C(=O)N(c2nc3ccc(Cl)cc3s2)C1c1ccccc1F)c1ccco1. The van der Waals surface area contributed by atoms with Crippen molar-refractivity contribution in [2.75, 3.05) is 4.90 Å². The molecular formula is C22H12ClFN2O4S. The average Bonchev–Trinajstić information content (AvgIpc) is 3.47. The lowest BCUT2D eigenvalue weighted by atomic mass is 9.95. The monoisotopic (exact) mass is 454 g/mol. The molecule has 0 saturated heterocycles. The Labute approximate surface area is 183 Å². The fourth-order valence-corrected chi connectivity index (χ4v) is 4.82. The Morgan fingerprint density at radius 3 is 2.74 bits per heavy atom. The number of amides is 1. The van der Waals surface area contributed by atoms with Crippen LogP contribution in [0, 0.1) is 5.82 Å². The Kier molecular flexibility index (Phi) is 4.60. The number of nitrogens with zero attached hydrogens (tertiary/aromatic N) is 2. The highest BCUT2D eigenvalue weighted by Crippen LogP contribution is 2.45. The maximum absolute atomic E-state index is 14.8. The summed E-state index contributed by atoms with van der Waals surface area (Å²) in [6.45, 7) is 0. The molecule has 3 heterocycles. The van der Waals surface area contributed by atoms with E-state index in [9.17, 15) is 19.1 Å². The van der Waals surface area contributed by atoms with Crippen molar-refractivity contribution in [2.24, 2.45) is 0 Å². The number of hydrogen-bond acceptors (Lipinski definition) is 6. The summed E-state index contributed by atoms with van der Waals surface area (Å²) in [6, 6.07) is 12.5. The van der Waals surface area contributed by atoms with Crippen molar-refractivity contribution in [2.45, 2.75) is 6.04 Å². The third-order valence-electron chi connectivity index (χ3n) is 4.94. The zero-order valence-corrected chi connectivity index (χ0v) is 17.2. The van der Waals surface area contributed by atoms with Gasteiger partial charge in [0.05, 0.1) is 22.1 Å². The molecule has 154 valence electrons. The number of benzene rings is 2. The lowest BCUT2D eigenvalue weighted by Crippen LogP contribution is -2.31. The first-order chi connectivity index (χ1) is 15.0. The first-order valence-corrected chi connectivity index (χ1v) is 10.3. The number of halogens is 2. The molecule has 1 unspecified atom stereocenters. The molecule has 6 nitrogen and oxygen atoms in total. The van der Waals surface area contributed by atoms with E-state index in [1.165, 1.54) is 36.6 Å². The van der Waals surface area contributed by atoms with Crippen LogP contribution < -0.4 is 4.90 Å². The number of anilines is 1. The van der Waals surface area contributed by atoms with E-state index in [2.05, 4.69) is 4.98 Å². The number of thiazole rings is 1. The second kappa shape index (κ2) is 7.33. The summed E-state index contributed by atoms with van der Waals surface area (Å²) in [7, 11) is 0. The molecular weight excluding hydrogens is 443 g/mol. The van der Waals surface area contributed by atoms with Crippen molar-refractivity contribution < 1.29 is 23.5 Å². The zero-order valence-electron chi connectivity index (χ0n) is 15.6. The summed E-state index contributed by atoms with van der Waals surface area (Å²) < 4.78 is 20.7. The summed E-state index contributed by atoms with van der Waals surface area (Å²) >= 11 is 7.20. The fourth-order valence-electron chi connectivity index (χ4n) is 3.56. The van der Waals surface area contributed by atoms with Gasteiger partial charge in [-0.15, -0.1) is 0 Å². The molecule has 0 saturated carbocycles. The Hall–Kier alpha value is -3.49. The van der Waals surface area contributed by atoms with Gasteiger partial charge in [-0.1, -0.05) is 41.1 Å². The molecule has 1 aliphatic rings. The van der Waals surface area contributed by atoms with Gasteiger partial charge in [-0.25, -0.2) is 9.37 Å². The van der Waals surface area contributed by atoms with Crippen molar-refractivity contribution in [1.29, 1.82) is 0 Å². The predicted octanol–water partition coefficient (Wildman–Crippen LogP) is 5.46. The van der Waals surface area contributed by atoms with Gasteiger partial charge in [0.15, 0.2) is 16.7 Å². The van der Waals surface area contributed by atoms with Gasteiger partial charge >= 0.3 is 0 Å². The lowest BCUT2D eigenvalue weighted by molar-refractivity contribution is -0.117. The number of fused-ring (bicyclic) bond motifs is 1. The molecule has 1 N–H and O–H groups in total. The quantitative estimate of drug-likeness (QED) is 0.414. The molecule has 1 atom stereocenters. The number of rotatable bonds is 4. The molecule has 4 aromatic rings. The topological polar surface area (TPSA) is 83.6 Å². The van der Waals surface area contributed by atoms with Crippen LogP contribution >= 0.6 is 22.9 Å². The van der Waals surface area contributed by atoms with Gasteiger partial charge in [-0.2, -0.15) is 0 Å². The minimum absolute atomic E-state index is 0.0482. The van der Waals surface area contributed by atoms with Crippen LogP contribution in [0.3, 0.4) is 0 Å². The maximum atomic E-state index is 14.8. The average molecular weight is 455 g/mol. The number of Topliss-reactive ketones (excluding diaryl/α,β-unsaturated/α-hetero) is 1. The van der Waals surface area contributed by atoms with Gasteiger partial charge in [0.25, 0.3) is 5.91 Å². The van der Waals surface area contributed by atoms with Crippen molar-refractivity contribution in [1.82, 2.24) is 4.98 Å². The second-order valence-electron chi connectivity index (χ2n) is 6.78. The highest BCUT2D eigenvalue weighted by Gasteiger charge is 2.47. The summed E-state index contributed by atoms with van der Waals surface area (Å²) in [4.78, 5) is 31.8. The largest absolute Gasteiger partial charge is 0.503 e. The van der Waals surface area contributed by atoms with E-state index in [4.69, 9.17) is 16.0 Å². The van der Waals surface area contributed by atoms with E-state index in [-0.39, 0.29) is 22.0 Å². The van der Waals surface area contributed by atoms with Gasteiger partial charge in [-0.05, 0) is 36.4 Å². The Bertz CT molecular complexity index is 1380. The molecule has 31 heavy (non-hydrogen) atoms. The molecule has 2 aromatic carbocycles. The number of carbonyl (C=O) groups excluding carboxylic acids is 2. The van der Waals surface area contributed by atoms with E-state index >= 15 is 0 Å². The molecule has 2 aromatic heterocycles. The number of aliphatic hydroxyl groups is 1. The molecule has 0 fully saturated rings. The van der Waals surface area contributed by atoms with Crippen molar-refractivity contribution in [3.8, 4) is 0 Å². The van der Waals surface area contributed by atoms with Crippen LogP contribution in [-0.4, -0.2) is 21.8 Å². The minimum Gasteiger partial charge on any atom is -0.503 e. The Morgan fingerprint density at radius 1 is 1.19 bits per heavy atom. The first-order valence-electron chi connectivity index (χ1n) is 9.11. The van der Waals surface area contributed by atoms with E-state index in [1.54, 1.807) is 24.3 Å². The van der Waals surface area contributed by atoms with E-state index in [0.717, 1.165) is 16.2 Å². The maximum Gasteiger partial charge on any atom is 0.296 e. The van der Waals surface area contributed by atoms with Crippen molar-refractivity contribution in [3.63, 3.8) is 0 Å². The van der Waals surface area contributed by atoms with Crippen LogP contribution in [0.15, 0.2) is 76.6 Å². The highest BCUT2D eigenvalue weighted by atomic mass is 35.5. The van der Waals surface area contributed by atoms with Crippen molar-refractivity contribution in [3.05, 3.63) is 94.4 Å². The number of aliphatic hydroxyl groups excluding tert-OH is 1. The minimum atomic E-state index is -1.22. The van der Waals surface area contributed by atoms with Crippen LogP contribution in [0.5, 0.6) is 0 Å². The number of aromatic nitrogens is 1. The molecule has 0 spiro atoms. The third kappa shape index (κ3) is 3.11. The normalized spacial score (nSPS) is 16.5. The molecule has 1 aliphatic heterocycles. The van der Waals surface area contributed by atoms with Crippen LogP contribution in [0.1, 0.15) is 22.2 Å². The number of carbonyl (C=O) groups is 2. The van der Waals surface area contributed by atoms with Gasteiger partial charge < -0.3 is 9.52 Å². The second-order valence-corrected chi connectivity index (χ2v) is 8.22. The fraction of sp³-hybridized carbons (Fsp3) is 0.0455. The number of ketones is 1. The summed E-state index contributed by atoms with van der Waals surface area (Å²) in [6.07, 6.45) is 1.30. The van der Waals surface area contributed by atoms with Gasteiger partial charge in [0, 0.05) is 10.6 Å². The van der Waals surface area contributed by atoms with Crippen LogP contribution in [0.25, 0.3) is 10.2 Å². The van der Waals surface area contributed by atoms with Crippen LogP contribution in [-0.2, 0) is 4.79 Å². The van der Waals surface area contributed by atoms with Crippen molar-refractivity contribution >= 4 is 50.0 Å². The van der Waals surface area contributed by atoms with E-state index in [0.29, 0.717) is 15.2 Å². The molecule has 0 radical (unpaired) electrons. The van der Waals surface area contributed by atoms with Gasteiger partial charge in [0.1, 0.15) is 11.9 Å². The molecule has 1 amide bonds. The Balaban J connectivity index is 1.71.